The van der Waals surface area contributed by atoms with Crippen LogP contribution < -0.4 is 21.1 Å². The van der Waals surface area contributed by atoms with E-state index in [0.29, 0.717) is 49.8 Å². The molecule has 2 fully saturated rings. The van der Waals surface area contributed by atoms with E-state index in [4.69, 9.17) is 20.2 Å². The fourth-order valence-corrected chi connectivity index (χ4v) is 8.75. The first-order valence-electron chi connectivity index (χ1n) is 20.1. The van der Waals surface area contributed by atoms with E-state index in [9.17, 15) is 9.59 Å². The molecule has 4 aromatic rings. The van der Waals surface area contributed by atoms with Crippen LogP contribution in [-0.2, 0) is 16.3 Å². The standard InChI is InChI=1S/C43H58N8O4/c1-27(2)18-32(14-15-46-43(53)54-5)49-16-7-9-38(49)42-47-25-36(48-42)30-10-12-34-39-21-31-20-29(11-13-37(31)51(39)26-55-40(34)22-30)35(44)24-45-23-33-8-6-17-50(33)41(52)19-28(3)4/h10-13,20-22,24-25,27-28,32-33,38,45H,6-9,14-19,23,26,44H2,1-5H3,(H,46,53)(H,47,48)/b35-24-/t32?,33-,38+/m0/s1. The van der Waals surface area contributed by atoms with Crippen LogP contribution in [0, 0.1) is 11.8 Å². The zero-order valence-electron chi connectivity index (χ0n) is 33.1. The summed E-state index contributed by atoms with van der Waals surface area (Å²) in [5, 5.41) is 7.37. The monoisotopic (exact) mass is 750 g/mol. The van der Waals surface area contributed by atoms with Gasteiger partial charge in [-0.3, -0.25) is 9.69 Å². The molecule has 2 aromatic carbocycles. The lowest BCUT2D eigenvalue weighted by Gasteiger charge is -2.33. The molecular weight excluding hydrogens is 693 g/mol. The molecule has 0 aliphatic carbocycles. The second kappa shape index (κ2) is 16.8. The van der Waals surface area contributed by atoms with Gasteiger partial charge >= 0.3 is 6.09 Å². The second-order valence-electron chi connectivity index (χ2n) is 16.3. The van der Waals surface area contributed by atoms with Gasteiger partial charge in [-0.2, -0.15) is 0 Å². The number of nitrogens with two attached hydrogens (primary N) is 1. The van der Waals surface area contributed by atoms with Crippen LogP contribution in [-0.4, -0.2) is 81.7 Å². The summed E-state index contributed by atoms with van der Waals surface area (Å²) in [7, 11) is 1.40. The third-order valence-electron chi connectivity index (χ3n) is 11.4. The number of imidazole rings is 1. The third kappa shape index (κ3) is 8.49. The van der Waals surface area contributed by atoms with Crippen LogP contribution in [0.2, 0.25) is 0 Å². The smallest absolute Gasteiger partial charge is 0.406 e. The van der Waals surface area contributed by atoms with E-state index in [0.717, 1.165) is 102 Å². The molecule has 55 heavy (non-hydrogen) atoms. The number of aromatic amines is 1. The molecule has 0 spiro atoms. The molecule has 2 amide bonds. The van der Waals surface area contributed by atoms with Gasteiger partial charge in [-0.05, 0) is 92.8 Å². The maximum Gasteiger partial charge on any atom is 0.406 e. The highest BCUT2D eigenvalue weighted by molar-refractivity contribution is 5.91. The second-order valence-corrected chi connectivity index (χ2v) is 16.3. The van der Waals surface area contributed by atoms with Crippen molar-refractivity contribution in [1.82, 2.24) is 35.0 Å². The van der Waals surface area contributed by atoms with Crippen molar-refractivity contribution in [2.75, 3.05) is 33.3 Å². The van der Waals surface area contributed by atoms with Gasteiger partial charge < -0.3 is 40.3 Å². The average molecular weight is 751 g/mol. The number of ether oxygens (including phenoxy) is 2. The van der Waals surface area contributed by atoms with E-state index in [1.807, 2.05) is 17.3 Å². The minimum Gasteiger partial charge on any atom is -0.472 e. The predicted molar refractivity (Wildman–Crippen MR) is 217 cm³/mol. The Morgan fingerprint density at radius 3 is 2.71 bits per heavy atom. The van der Waals surface area contributed by atoms with Gasteiger partial charge in [0.15, 0.2) is 6.73 Å². The fraction of sp³-hybridized carbons (Fsp3) is 0.512. The Morgan fingerprint density at radius 1 is 1.07 bits per heavy atom. The minimum atomic E-state index is -0.386. The number of nitrogens with zero attached hydrogens (tertiary/aromatic N) is 4. The van der Waals surface area contributed by atoms with Crippen LogP contribution in [0.3, 0.4) is 0 Å². The number of H-pyrrole nitrogens is 1. The number of carbonyl (C=O) groups excluding carboxylic acids is 2. The van der Waals surface area contributed by atoms with Crippen molar-refractivity contribution >= 4 is 28.6 Å². The van der Waals surface area contributed by atoms with Gasteiger partial charge in [-0.1, -0.05) is 39.8 Å². The number of fused-ring (bicyclic) bond motifs is 5. The highest BCUT2D eigenvalue weighted by atomic mass is 16.5. The Bertz CT molecular complexity index is 2010. The van der Waals surface area contributed by atoms with Crippen LogP contribution in [0.4, 0.5) is 4.79 Å². The molecule has 3 atom stereocenters. The van der Waals surface area contributed by atoms with Crippen molar-refractivity contribution in [3.63, 3.8) is 0 Å². The lowest BCUT2D eigenvalue weighted by atomic mass is 9.98. The number of benzene rings is 2. The van der Waals surface area contributed by atoms with Crippen molar-refractivity contribution in [3.8, 4) is 28.3 Å². The zero-order valence-corrected chi connectivity index (χ0v) is 33.1. The third-order valence-corrected chi connectivity index (χ3v) is 11.4. The van der Waals surface area contributed by atoms with Gasteiger partial charge in [0.2, 0.25) is 5.91 Å². The van der Waals surface area contributed by atoms with Gasteiger partial charge in [0.1, 0.15) is 11.6 Å². The zero-order chi connectivity index (χ0) is 38.6. The first-order chi connectivity index (χ1) is 26.6. The van der Waals surface area contributed by atoms with E-state index in [2.05, 4.69) is 95.2 Å². The Labute approximate surface area is 324 Å². The molecule has 5 heterocycles. The molecule has 3 aliphatic heterocycles. The number of carbonyl (C=O) groups is 2. The lowest BCUT2D eigenvalue weighted by Crippen LogP contribution is -2.41. The molecular formula is C43H58N8O4. The number of aromatic nitrogens is 3. The number of likely N-dealkylation sites (tertiary alicyclic amines) is 2. The Balaban J connectivity index is 1.03. The first kappa shape index (κ1) is 38.3. The lowest BCUT2D eigenvalue weighted by molar-refractivity contribution is -0.132. The summed E-state index contributed by atoms with van der Waals surface area (Å²) in [6.45, 7) is 12.2. The Kier molecular flexibility index (Phi) is 11.7. The normalized spacial score (nSPS) is 19.1. The van der Waals surface area contributed by atoms with Crippen LogP contribution in [0.25, 0.3) is 39.1 Å². The Morgan fingerprint density at radius 2 is 1.91 bits per heavy atom. The topological polar surface area (TPSA) is 143 Å². The van der Waals surface area contributed by atoms with E-state index >= 15 is 0 Å². The van der Waals surface area contributed by atoms with E-state index in [1.165, 1.54) is 7.11 Å². The van der Waals surface area contributed by atoms with Crippen LogP contribution >= 0.6 is 0 Å². The van der Waals surface area contributed by atoms with E-state index in [-0.39, 0.29) is 24.1 Å². The summed E-state index contributed by atoms with van der Waals surface area (Å²) < 4.78 is 13.4. The molecule has 0 radical (unpaired) electrons. The molecule has 7 rings (SSSR count). The van der Waals surface area contributed by atoms with E-state index in [1.54, 1.807) is 0 Å². The van der Waals surface area contributed by atoms with Crippen LogP contribution in [0.1, 0.15) is 90.1 Å². The molecule has 294 valence electrons. The SMILES string of the molecule is COC(=O)NCCC(CC(C)C)N1CCC[C@@H]1c1ncc(-c2ccc3c(c2)OCn2c-3cc3cc(/C(N)=C/NC[C@@H]4CCCN4C(=O)CC(C)C)ccc32)[nH]1. The van der Waals surface area contributed by atoms with Gasteiger partial charge in [-0.15, -0.1) is 0 Å². The molecule has 5 N–H and O–H groups in total. The van der Waals surface area contributed by atoms with Crippen LogP contribution in [0.15, 0.2) is 54.9 Å². The maximum atomic E-state index is 12.7. The number of hydrogen-bond donors (Lipinski definition) is 4. The van der Waals surface area contributed by atoms with Crippen molar-refractivity contribution in [2.24, 2.45) is 17.6 Å². The number of rotatable bonds is 14. The van der Waals surface area contributed by atoms with Crippen molar-refractivity contribution in [1.29, 1.82) is 0 Å². The molecule has 2 aromatic heterocycles. The minimum absolute atomic E-state index is 0.200. The van der Waals surface area contributed by atoms with Gasteiger partial charge in [0.25, 0.3) is 0 Å². The molecule has 1 unspecified atom stereocenters. The first-order valence-corrected chi connectivity index (χ1v) is 20.1. The highest BCUT2D eigenvalue weighted by Crippen LogP contribution is 2.41. The number of hydrogen-bond acceptors (Lipinski definition) is 8. The summed E-state index contributed by atoms with van der Waals surface area (Å²) in [5.74, 6) is 2.98. The quantitative estimate of drug-likeness (QED) is 0.106. The fourth-order valence-electron chi connectivity index (χ4n) is 8.75. The highest BCUT2D eigenvalue weighted by Gasteiger charge is 2.34. The molecule has 0 saturated carbocycles. The Hall–Kier alpha value is -4.97. The summed E-state index contributed by atoms with van der Waals surface area (Å²) in [4.78, 5) is 37.6. The summed E-state index contributed by atoms with van der Waals surface area (Å²) in [6.07, 6.45) is 10.2. The molecule has 0 bridgehead atoms. The van der Waals surface area contributed by atoms with Crippen LogP contribution in [0.5, 0.6) is 5.75 Å². The number of methoxy groups -OCH3 is 1. The number of alkyl carbamates (subject to hydrolysis) is 1. The van der Waals surface area contributed by atoms with E-state index < -0.39 is 0 Å². The number of nitrogens with one attached hydrogen (secondary N) is 3. The van der Waals surface area contributed by atoms with Gasteiger partial charge in [0, 0.05) is 60.9 Å². The molecule has 2 saturated heterocycles. The molecule has 12 heteroatoms. The largest absolute Gasteiger partial charge is 0.472 e. The van der Waals surface area contributed by atoms with Crippen molar-refractivity contribution < 1.29 is 19.1 Å². The summed E-state index contributed by atoms with van der Waals surface area (Å²) >= 11 is 0. The van der Waals surface area contributed by atoms with Gasteiger partial charge in [-0.25, -0.2) is 9.78 Å². The number of amides is 2. The van der Waals surface area contributed by atoms with Crippen molar-refractivity contribution in [2.45, 2.75) is 97.5 Å². The maximum absolute atomic E-state index is 12.7. The van der Waals surface area contributed by atoms with Gasteiger partial charge in [0.05, 0.1) is 42.0 Å². The summed E-state index contributed by atoms with van der Waals surface area (Å²) in [5.41, 5.74) is 13.4. The summed E-state index contributed by atoms with van der Waals surface area (Å²) in [6, 6.07) is 15.6. The predicted octanol–water partition coefficient (Wildman–Crippen LogP) is 7.23. The van der Waals surface area contributed by atoms with Crippen molar-refractivity contribution in [3.05, 3.63) is 66.2 Å². The molecule has 12 nitrogen and oxygen atoms in total. The molecule has 3 aliphatic rings. The average Bonchev–Trinajstić information content (AvgIpc) is 3.99.